The molecule has 0 fully saturated rings. The molecule has 0 aromatic heterocycles. The van der Waals surface area contributed by atoms with E-state index in [0.29, 0.717) is 0 Å². The van der Waals surface area contributed by atoms with Gasteiger partial charge >= 0.3 is 0 Å². The lowest BCUT2D eigenvalue weighted by Crippen LogP contribution is -1.97. The molecule has 0 aliphatic heterocycles. The van der Waals surface area contributed by atoms with Gasteiger partial charge in [-0.25, -0.2) is 0 Å². The van der Waals surface area contributed by atoms with Crippen molar-refractivity contribution in [2.24, 2.45) is 0 Å². The molecule has 2 heteroatoms. The third-order valence-corrected chi connectivity index (χ3v) is 5.02. The monoisotopic (exact) mass is 316 g/mol. The zero-order chi connectivity index (χ0) is 16.8. The quantitative estimate of drug-likeness (QED) is 0.345. The lowest BCUT2D eigenvalue weighted by molar-refractivity contribution is 0.362. The van der Waals surface area contributed by atoms with E-state index in [-0.39, 0.29) is 0 Å². The van der Waals surface area contributed by atoms with E-state index in [1.54, 1.807) is 14.2 Å². The van der Waals surface area contributed by atoms with E-state index >= 15 is 0 Å². The smallest absolute Gasteiger partial charge is 0.169 e. The van der Waals surface area contributed by atoms with Crippen LogP contribution in [0.3, 0.4) is 0 Å². The molecule has 120 valence electrons. The molecule has 0 aliphatic carbocycles. The van der Waals surface area contributed by atoms with Crippen LogP contribution >= 0.6 is 0 Å². The molecule has 0 unspecified atom stereocenters. The lowest BCUT2D eigenvalue weighted by atomic mass is 9.89. The summed E-state index contributed by atoms with van der Waals surface area (Å²) in [5, 5.41) is 7.24. The molecule has 0 aliphatic rings. The van der Waals surface area contributed by atoms with Crippen molar-refractivity contribution >= 4 is 32.3 Å². The van der Waals surface area contributed by atoms with Crippen LogP contribution in [0.4, 0.5) is 0 Å². The van der Waals surface area contributed by atoms with Crippen LogP contribution in [0.5, 0.6) is 11.5 Å². The Morgan fingerprint density at radius 2 is 1.00 bits per heavy atom. The highest BCUT2D eigenvalue weighted by Crippen LogP contribution is 2.47. The first-order chi connectivity index (χ1) is 11.7. The number of hydrogen-bond acceptors (Lipinski definition) is 2. The summed E-state index contributed by atoms with van der Waals surface area (Å²) in [6.07, 6.45) is 0. The molecule has 0 heterocycles. The van der Waals surface area contributed by atoms with Gasteiger partial charge in [-0.3, -0.25) is 0 Å². The standard InChI is InChI=1S/C22H20O2/c1-13-15-9-5-6-10-16(15)14(2)20-19(13)17-11-7-8-12-18(17)21(23-3)22(20)24-4/h5-12H,1-4H3. The van der Waals surface area contributed by atoms with Gasteiger partial charge in [0.2, 0.25) is 0 Å². The van der Waals surface area contributed by atoms with Crippen LogP contribution in [0.15, 0.2) is 48.5 Å². The molecule has 0 amide bonds. The third kappa shape index (κ3) is 1.83. The van der Waals surface area contributed by atoms with Crippen molar-refractivity contribution in [2.75, 3.05) is 14.2 Å². The van der Waals surface area contributed by atoms with Crippen molar-refractivity contribution < 1.29 is 9.47 Å². The Balaban J connectivity index is 2.42. The molecule has 4 aromatic rings. The number of hydrogen-bond donors (Lipinski definition) is 0. The normalized spacial score (nSPS) is 11.3. The summed E-state index contributed by atoms with van der Waals surface area (Å²) in [7, 11) is 3.43. The minimum atomic E-state index is 0.804. The first kappa shape index (κ1) is 14.8. The fourth-order valence-electron chi connectivity index (χ4n) is 3.93. The fraction of sp³-hybridized carbons (Fsp3) is 0.182. The number of ether oxygens (including phenoxy) is 2. The van der Waals surface area contributed by atoms with Crippen LogP contribution in [-0.2, 0) is 0 Å². The molecule has 24 heavy (non-hydrogen) atoms. The van der Waals surface area contributed by atoms with Crippen molar-refractivity contribution in [3.8, 4) is 11.5 Å². The van der Waals surface area contributed by atoms with Gasteiger partial charge < -0.3 is 9.47 Å². The van der Waals surface area contributed by atoms with E-state index in [1.807, 2.05) is 6.07 Å². The van der Waals surface area contributed by atoms with Gasteiger partial charge in [0.1, 0.15) is 0 Å². The van der Waals surface area contributed by atoms with Gasteiger partial charge in [-0.1, -0.05) is 48.5 Å². The Morgan fingerprint density at radius 1 is 0.542 bits per heavy atom. The first-order valence-electron chi connectivity index (χ1n) is 8.13. The van der Waals surface area contributed by atoms with Crippen molar-refractivity contribution in [1.82, 2.24) is 0 Å². The molecule has 2 nitrogen and oxygen atoms in total. The molecule has 0 atom stereocenters. The number of benzene rings is 4. The van der Waals surface area contributed by atoms with Crippen molar-refractivity contribution in [1.29, 1.82) is 0 Å². The fourth-order valence-corrected chi connectivity index (χ4v) is 3.93. The Labute approximate surface area is 141 Å². The summed E-state index contributed by atoms with van der Waals surface area (Å²) >= 11 is 0. The second kappa shape index (κ2) is 5.41. The Bertz CT molecular complexity index is 1090. The summed E-state index contributed by atoms with van der Waals surface area (Å²) < 4.78 is 11.6. The predicted molar refractivity (Wildman–Crippen MR) is 102 cm³/mol. The van der Waals surface area contributed by atoms with Crippen LogP contribution in [0.25, 0.3) is 32.3 Å². The number of fused-ring (bicyclic) bond motifs is 4. The van der Waals surface area contributed by atoms with Gasteiger partial charge in [0.15, 0.2) is 11.5 Å². The Kier molecular flexibility index (Phi) is 3.34. The van der Waals surface area contributed by atoms with Crippen LogP contribution in [0.2, 0.25) is 0 Å². The molecular weight excluding hydrogens is 296 g/mol. The molecule has 0 saturated heterocycles. The zero-order valence-corrected chi connectivity index (χ0v) is 14.4. The molecular formula is C22H20O2. The minimum Gasteiger partial charge on any atom is -0.492 e. The average molecular weight is 316 g/mol. The van der Waals surface area contributed by atoms with Crippen LogP contribution in [-0.4, -0.2) is 14.2 Å². The SMILES string of the molecule is COc1c(OC)c2c(C)c3ccccc3c(C)c2c2ccccc12. The van der Waals surface area contributed by atoms with Gasteiger partial charge in [0.25, 0.3) is 0 Å². The van der Waals surface area contributed by atoms with Gasteiger partial charge in [0.05, 0.1) is 14.2 Å². The highest BCUT2D eigenvalue weighted by molar-refractivity contribution is 6.20. The van der Waals surface area contributed by atoms with E-state index in [9.17, 15) is 0 Å². The summed E-state index contributed by atoms with van der Waals surface area (Å²) in [6.45, 7) is 4.36. The predicted octanol–water partition coefficient (Wildman–Crippen LogP) is 5.78. The van der Waals surface area contributed by atoms with Crippen LogP contribution in [0, 0.1) is 13.8 Å². The van der Waals surface area contributed by atoms with Crippen LogP contribution in [0.1, 0.15) is 11.1 Å². The molecule has 0 radical (unpaired) electrons. The van der Waals surface area contributed by atoms with E-state index in [2.05, 4.69) is 56.3 Å². The lowest BCUT2D eigenvalue weighted by Gasteiger charge is -2.20. The first-order valence-corrected chi connectivity index (χ1v) is 8.13. The number of aryl methyl sites for hydroxylation is 2. The molecule has 0 saturated carbocycles. The maximum absolute atomic E-state index is 5.82. The second-order valence-corrected chi connectivity index (χ2v) is 6.16. The largest absolute Gasteiger partial charge is 0.492 e. The molecule has 0 bridgehead atoms. The van der Waals surface area contributed by atoms with Crippen LogP contribution < -0.4 is 9.47 Å². The summed E-state index contributed by atoms with van der Waals surface area (Å²) in [5.41, 5.74) is 2.51. The van der Waals surface area contributed by atoms with Gasteiger partial charge in [-0.2, -0.15) is 0 Å². The van der Waals surface area contributed by atoms with E-state index in [0.717, 1.165) is 22.3 Å². The molecule has 0 spiro atoms. The highest BCUT2D eigenvalue weighted by Gasteiger charge is 2.20. The molecule has 0 N–H and O–H groups in total. The van der Waals surface area contributed by atoms with Gasteiger partial charge in [0, 0.05) is 10.8 Å². The Morgan fingerprint density at radius 3 is 1.54 bits per heavy atom. The molecule has 4 rings (SSSR count). The third-order valence-electron chi connectivity index (χ3n) is 5.02. The van der Waals surface area contributed by atoms with Crippen molar-refractivity contribution in [3.05, 3.63) is 59.7 Å². The highest BCUT2D eigenvalue weighted by atomic mass is 16.5. The summed E-state index contributed by atoms with van der Waals surface area (Å²) in [5.74, 6) is 1.62. The van der Waals surface area contributed by atoms with Gasteiger partial charge in [-0.15, -0.1) is 0 Å². The minimum absolute atomic E-state index is 0.804. The van der Waals surface area contributed by atoms with E-state index in [1.165, 1.54) is 32.7 Å². The maximum atomic E-state index is 5.82. The van der Waals surface area contributed by atoms with Crippen molar-refractivity contribution in [3.63, 3.8) is 0 Å². The van der Waals surface area contributed by atoms with E-state index < -0.39 is 0 Å². The second-order valence-electron chi connectivity index (χ2n) is 6.16. The molecule has 4 aromatic carbocycles. The van der Waals surface area contributed by atoms with Crippen molar-refractivity contribution in [2.45, 2.75) is 13.8 Å². The average Bonchev–Trinajstić information content (AvgIpc) is 2.64. The number of rotatable bonds is 2. The summed E-state index contributed by atoms with van der Waals surface area (Å²) in [6, 6.07) is 17.0. The summed E-state index contributed by atoms with van der Waals surface area (Å²) in [4.78, 5) is 0. The van der Waals surface area contributed by atoms with Gasteiger partial charge in [-0.05, 0) is 46.5 Å². The van der Waals surface area contributed by atoms with E-state index in [4.69, 9.17) is 9.47 Å². The Hall–Kier alpha value is -2.74. The topological polar surface area (TPSA) is 18.5 Å². The number of methoxy groups -OCH3 is 2. The maximum Gasteiger partial charge on any atom is 0.169 e. The zero-order valence-electron chi connectivity index (χ0n) is 14.4.